The third-order valence-electron chi connectivity index (χ3n) is 6.84. The van der Waals surface area contributed by atoms with Gasteiger partial charge in [-0.2, -0.15) is 0 Å². The van der Waals surface area contributed by atoms with Crippen LogP contribution >= 0.6 is 0 Å². The molecule has 0 saturated carbocycles. The van der Waals surface area contributed by atoms with Gasteiger partial charge in [0.05, 0.1) is 31.1 Å². The number of carbonyl (C=O) groups excluding carboxylic acids is 1. The summed E-state index contributed by atoms with van der Waals surface area (Å²) in [4.78, 5) is 21.9. The molecule has 0 aliphatic carbocycles. The summed E-state index contributed by atoms with van der Waals surface area (Å²) >= 11 is 0. The lowest BCUT2D eigenvalue weighted by atomic mass is 10.1. The van der Waals surface area contributed by atoms with Crippen molar-refractivity contribution in [1.29, 1.82) is 0 Å². The Morgan fingerprint density at radius 2 is 1.73 bits per heavy atom. The minimum atomic E-state index is -0.162. The number of hydrogen-bond donors (Lipinski definition) is 2. The number of aromatic nitrogens is 1. The van der Waals surface area contributed by atoms with Gasteiger partial charge in [-0.15, -0.1) is 0 Å². The van der Waals surface area contributed by atoms with Crippen LogP contribution in [0.3, 0.4) is 0 Å². The SMILES string of the molecule is COc1cc(NC(C)CCCN(Cc2ccc(N(C)C)cc2)C(=O)Nc2ccccc2OC)c2ncccc2c1. The molecule has 1 atom stereocenters. The summed E-state index contributed by atoms with van der Waals surface area (Å²) in [5.74, 6) is 1.41. The van der Waals surface area contributed by atoms with Crippen molar-refractivity contribution in [3.05, 3.63) is 84.6 Å². The van der Waals surface area contributed by atoms with Crippen molar-refractivity contribution < 1.29 is 14.3 Å². The Morgan fingerprint density at radius 1 is 0.950 bits per heavy atom. The van der Waals surface area contributed by atoms with Crippen molar-refractivity contribution in [3.63, 3.8) is 0 Å². The molecule has 40 heavy (non-hydrogen) atoms. The first-order valence-electron chi connectivity index (χ1n) is 13.5. The van der Waals surface area contributed by atoms with E-state index in [1.165, 1.54) is 0 Å². The van der Waals surface area contributed by atoms with E-state index in [0.717, 1.165) is 46.4 Å². The fourth-order valence-electron chi connectivity index (χ4n) is 4.63. The highest BCUT2D eigenvalue weighted by Gasteiger charge is 2.17. The zero-order chi connectivity index (χ0) is 28.5. The fourth-order valence-corrected chi connectivity index (χ4v) is 4.63. The zero-order valence-electron chi connectivity index (χ0n) is 24.0. The maximum atomic E-state index is 13.5. The second-order valence-corrected chi connectivity index (χ2v) is 10.1. The lowest BCUT2D eigenvalue weighted by Crippen LogP contribution is -2.36. The maximum absolute atomic E-state index is 13.5. The van der Waals surface area contributed by atoms with Crippen LogP contribution in [0, 0.1) is 0 Å². The smallest absolute Gasteiger partial charge is 0.322 e. The molecule has 0 aliphatic heterocycles. The van der Waals surface area contributed by atoms with Gasteiger partial charge < -0.3 is 29.9 Å². The number of pyridine rings is 1. The predicted molar refractivity (Wildman–Crippen MR) is 164 cm³/mol. The van der Waals surface area contributed by atoms with E-state index in [9.17, 15) is 4.79 Å². The number of ether oxygens (including phenoxy) is 2. The van der Waals surface area contributed by atoms with Crippen LogP contribution in [0.15, 0.2) is 79.0 Å². The standard InChI is InChI=1S/C32H39N5O3/c1-23(34-29-21-27(39-4)20-25-11-8-18-33-31(25)29)10-9-19-37(22-24-14-16-26(17-15-24)36(2)3)32(38)35-28-12-6-7-13-30(28)40-5/h6-8,11-18,20-21,23,34H,9-10,19,22H2,1-5H3,(H,35,38). The molecule has 1 heterocycles. The van der Waals surface area contributed by atoms with Gasteiger partial charge in [-0.05, 0) is 61.7 Å². The van der Waals surface area contributed by atoms with E-state index in [4.69, 9.17) is 9.47 Å². The minimum Gasteiger partial charge on any atom is -0.497 e. The summed E-state index contributed by atoms with van der Waals surface area (Å²) in [7, 11) is 7.30. The molecule has 0 spiro atoms. The number of carbonyl (C=O) groups is 1. The molecular weight excluding hydrogens is 502 g/mol. The minimum absolute atomic E-state index is 0.162. The van der Waals surface area contributed by atoms with Crippen molar-refractivity contribution in [1.82, 2.24) is 9.88 Å². The lowest BCUT2D eigenvalue weighted by molar-refractivity contribution is 0.207. The molecule has 2 amide bonds. The van der Waals surface area contributed by atoms with E-state index in [1.54, 1.807) is 20.4 Å². The Labute approximate surface area is 236 Å². The topological polar surface area (TPSA) is 79.0 Å². The summed E-state index contributed by atoms with van der Waals surface area (Å²) < 4.78 is 10.9. The average Bonchev–Trinajstić information content (AvgIpc) is 2.97. The monoisotopic (exact) mass is 541 g/mol. The number of nitrogens with zero attached hydrogens (tertiary/aromatic N) is 3. The van der Waals surface area contributed by atoms with Crippen LogP contribution in [0.2, 0.25) is 0 Å². The number of benzene rings is 3. The Hall–Kier alpha value is -4.46. The van der Waals surface area contributed by atoms with Crippen molar-refractivity contribution in [2.75, 3.05) is 50.4 Å². The van der Waals surface area contributed by atoms with Crippen LogP contribution in [-0.2, 0) is 6.54 Å². The van der Waals surface area contributed by atoms with Crippen molar-refractivity contribution in [2.24, 2.45) is 0 Å². The highest BCUT2D eigenvalue weighted by molar-refractivity contribution is 5.92. The second-order valence-electron chi connectivity index (χ2n) is 10.1. The molecule has 0 aliphatic rings. The van der Waals surface area contributed by atoms with Gasteiger partial charge in [-0.3, -0.25) is 4.98 Å². The van der Waals surface area contributed by atoms with Crippen molar-refractivity contribution in [2.45, 2.75) is 32.4 Å². The molecule has 0 fully saturated rings. The van der Waals surface area contributed by atoms with Gasteiger partial charge >= 0.3 is 6.03 Å². The van der Waals surface area contributed by atoms with E-state index in [1.807, 2.05) is 67.5 Å². The molecule has 1 unspecified atom stereocenters. The van der Waals surface area contributed by atoms with Gasteiger partial charge in [-0.1, -0.05) is 30.3 Å². The van der Waals surface area contributed by atoms with E-state index in [2.05, 4.69) is 51.7 Å². The van der Waals surface area contributed by atoms with Crippen molar-refractivity contribution >= 4 is 34.0 Å². The summed E-state index contributed by atoms with van der Waals surface area (Å²) in [6.07, 6.45) is 3.48. The van der Waals surface area contributed by atoms with Crippen LogP contribution in [0.4, 0.5) is 21.9 Å². The van der Waals surface area contributed by atoms with Crippen LogP contribution in [0.25, 0.3) is 10.9 Å². The van der Waals surface area contributed by atoms with E-state index < -0.39 is 0 Å². The summed E-state index contributed by atoms with van der Waals surface area (Å²) in [5, 5.41) is 7.66. The number of hydrogen-bond acceptors (Lipinski definition) is 6. The highest BCUT2D eigenvalue weighted by Crippen LogP contribution is 2.29. The molecule has 0 saturated heterocycles. The first-order chi connectivity index (χ1) is 19.4. The number of rotatable bonds is 12. The number of nitrogens with one attached hydrogen (secondary N) is 2. The second kappa shape index (κ2) is 13.6. The van der Waals surface area contributed by atoms with Gasteiger partial charge in [0, 0.05) is 56.6 Å². The maximum Gasteiger partial charge on any atom is 0.322 e. The Balaban J connectivity index is 1.44. The highest BCUT2D eigenvalue weighted by atomic mass is 16.5. The van der Waals surface area contributed by atoms with Gasteiger partial charge in [0.25, 0.3) is 0 Å². The number of methoxy groups -OCH3 is 2. The molecule has 8 heteroatoms. The number of anilines is 3. The summed E-state index contributed by atoms with van der Waals surface area (Å²) in [5.41, 5.74) is 4.69. The van der Waals surface area contributed by atoms with E-state index in [0.29, 0.717) is 24.5 Å². The quantitative estimate of drug-likeness (QED) is 0.210. The molecule has 3 aromatic carbocycles. The van der Waals surface area contributed by atoms with E-state index >= 15 is 0 Å². The van der Waals surface area contributed by atoms with Crippen LogP contribution in [-0.4, -0.2) is 56.8 Å². The number of para-hydroxylation sites is 2. The molecule has 4 aromatic rings. The van der Waals surface area contributed by atoms with Crippen molar-refractivity contribution in [3.8, 4) is 11.5 Å². The predicted octanol–water partition coefficient (Wildman–Crippen LogP) is 6.63. The molecule has 0 bridgehead atoms. The van der Waals surface area contributed by atoms with Gasteiger partial charge in [0.2, 0.25) is 0 Å². The normalized spacial score (nSPS) is 11.5. The molecule has 0 radical (unpaired) electrons. The molecular formula is C32H39N5O3. The number of fused-ring (bicyclic) bond motifs is 1. The molecule has 2 N–H and O–H groups in total. The molecule has 8 nitrogen and oxygen atoms in total. The third kappa shape index (κ3) is 7.34. The zero-order valence-corrected chi connectivity index (χ0v) is 24.0. The molecule has 1 aromatic heterocycles. The van der Waals surface area contributed by atoms with Crippen LogP contribution < -0.4 is 25.0 Å². The van der Waals surface area contributed by atoms with Gasteiger partial charge in [-0.25, -0.2) is 4.79 Å². The third-order valence-corrected chi connectivity index (χ3v) is 6.84. The largest absolute Gasteiger partial charge is 0.497 e. The van der Waals surface area contributed by atoms with E-state index in [-0.39, 0.29) is 12.1 Å². The molecule has 4 rings (SSSR count). The Morgan fingerprint density at radius 3 is 2.45 bits per heavy atom. The average molecular weight is 542 g/mol. The fraction of sp³-hybridized carbons (Fsp3) is 0.312. The number of urea groups is 1. The summed E-state index contributed by atoms with van der Waals surface area (Å²) in [6, 6.07) is 23.7. The Bertz CT molecular complexity index is 1410. The van der Waals surface area contributed by atoms with Crippen LogP contribution in [0.5, 0.6) is 11.5 Å². The first kappa shape index (κ1) is 28.5. The van der Waals surface area contributed by atoms with Gasteiger partial charge in [0.15, 0.2) is 0 Å². The Kier molecular flexibility index (Phi) is 9.67. The van der Waals surface area contributed by atoms with Gasteiger partial charge in [0.1, 0.15) is 11.5 Å². The number of amides is 2. The first-order valence-corrected chi connectivity index (χ1v) is 13.5. The molecule has 210 valence electrons. The van der Waals surface area contributed by atoms with Crippen LogP contribution in [0.1, 0.15) is 25.3 Å². The summed E-state index contributed by atoms with van der Waals surface area (Å²) in [6.45, 7) is 3.24. The lowest BCUT2D eigenvalue weighted by Gasteiger charge is -2.25.